The standard InChI is InChI=1S/C31H33ClFN3O2/c32-25-6-3-5-24(19-25)28(20-31(37)34-13-4-14-35-15-17-38-18-16-35)29-22-36(30-8-2-1-7-27(29)30)21-23-9-11-26(33)12-10-23/h1-3,5-12,19,22,28H,4,13-18,20-21H2,(H,34,37)/t28-/m0/s1. The summed E-state index contributed by atoms with van der Waals surface area (Å²) in [6, 6.07) is 22.6. The first-order chi connectivity index (χ1) is 18.6. The number of para-hydroxylation sites is 1. The van der Waals surface area contributed by atoms with Crippen LogP contribution in [0, 0.1) is 5.82 Å². The maximum absolute atomic E-state index is 13.5. The lowest BCUT2D eigenvalue weighted by molar-refractivity contribution is -0.121. The highest BCUT2D eigenvalue weighted by Gasteiger charge is 2.23. The molecular weight excluding hydrogens is 501 g/mol. The number of rotatable bonds is 10. The molecule has 1 fully saturated rings. The summed E-state index contributed by atoms with van der Waals surface area (Å²) in [5, 5.41) is 4.88. The van der Waals surface area contributed by atoms with E-state index in [1.165, 1.54) is 12.1 Å². The molecule has 1 aromatic heterocycles. The number of halogens is 2. The molecule has 2 heterocycles. The van der Waals surface area contributed by atoms with Crippen molar-refractivity contribution in [3.05, 3.63) is 107 Å². The van der Waals surface area contributed by atoms with Crippen LogP contribution in [-0.4, -0.2) is 54.8 Å². The first-order valence-electron chi connectivity index (χ1n) is 13.2. The molecule has 38 heavy (non-hydrogen) atoms. The van der Waals surface area contributed by atoms with Gasteiger partial charge in [0.25, 0.3) is 0 Å². The van der Waals surface area contributed by atoms with Gasteiger partial charge in [0.2, 0.25) is 5.91 Å². The van der Waals surface area contributed by atoms with Gasteiger partial charge in [-0.25, -0.2) is 4.39 Å². The molecule has 5 nitrogen and oxygen atoms in total. The molecule has 1 N–H and O–H groups in total. The number of ether oxygens (including phenoxy) is 1. The Bertz CT molecular complexity index is 1370. The van der Waals surface area contributed by atoms with Gasteiger partial charge in [0.15, 0.2) is 0 Å². The molecule has 0 bridgehead atoms. The molecule has 7 heteroatoms. The molecule has 1 atom stereocenters. The molecule has 1 aliphatic rings. The van der Waals surface area contributed by atoms with Crippen molar-refractivity contribution in [3.63, 3.8) is 0 Å². The third kappa shape index (κ3) is 6.62. The van der Waals surface area contributed by atoms with Crippen LogP contribution in [0.5, 0.6) is 0 Å². The molecule has 1 amide bonds. The third-order valence-corrected chi connectivity index (χ3v) is 7.41. The number of carbonyl (C=O) groups excluding carboxylic acids is 1. The predicted molar refractivity (Wildman–Crippen MR) is 150 cm³/mol. The zero-order valence-corrected chi connectivity index (χ0v) is 22.2. The Morgan fingerprint density at radius 1 is 1.03 bits per heavy atom. The van der Waals surface area contributed by atoms with Crippen LogP contribution in [0.1, 0.15) is 35.4 Å². The second kappa shape index (κ2) is 12.6. The van der Waals surface area contributed by atoms with Crippen molar-refractivity contribution in [2.24, 2.45) is 0 Å². The Labute approximate surface area is 228 Å². The van der Waals surface area contributed by atoms with Gasteiger partial charge in [0.1, 0.15) is 5.82 Å². The molecule has 3 aromatic carbocycles. The highest BCUT2D eigenvalue weighted by Crippen LogP contribution is 2.36. The molecule has 0 radical (unpaired) electrons. The molecule has 1 aliphatic heterocycles. The fourth-order valence-corrected chi connectivity index (χ4v) is 5.41. The number of hydrogen-bond acceptors (Lipinski definition) is 3. The van der Waals surface area contributed by atoms with E-state index in [0.29, 0.717) is 24.5 Å². The van der Waals surface area contributed by atoms with Crippen LogP contribution >= 0.6 is 11.6 Å². The number of amides is 1. The summed E-state index contributed by atoms with van der Waals surface area (Å²) in [5.74, 6) is -0.386. The lowest BCUT2D eigenvalue weighted by Gasteiger charge is -2.26. The van der Waals surface area contributed by atoms with Crippen molar-refractivity contribution in [2.45, 2.75) is 25.3 Å². The van der Waals surface area contributed by atoms with Crippen molar-refractivity contribution >= 4 is 28.4 Å². The van der Waals surface area contributed by atoms with Gasteiger partial charge in [-0.05, 0) is 60.0 Å². The predicted octanol–water partition coefficient (Wildman–Crippen LogP) is 5.84. The SMILES string of the molecule is O=C(C[C@@H](c1cccc(Cl)c1)c1cn(Cc2ccc(F)cc2)c2ccccc12)NCCCN1CCOCC1. The van der Waals surface area contributed by atoms with Crippen LogP contribution in [-0.2, 0) is 16.1 Å². The molecule has 4 aromatic rings. The molecule has 198 valence electrons. The van der Waals surface area contributed by atoms with E-state index in [0.717, 1.165) is 66.9 Å². The quantitative estimate of drug-likeness (QED) is 0.260. The van der Waals surface area contributed by atoms with E-state index in [4.69, 9.17) is 16.3 Å². The zero-order chi connectivity index (χ0) is 26.3. The minimum Gasteiger partial charge on any atom is -0.379 e. The molecule has 0 unspecified atom stereocenters. The van der Waals surface area contributed by atoms with Crippen LogP contribution < -0.4 is 5.32 Å². The zero-order valence-electron chi connectivity index (χ0n) is 21.4. The van der Waals surface area contributed by atoms with Crippen molar-refractivity contribution in [3.8, 4) is 0 Å². The summed E-state index contributed by atoms with van der Waals surface area (Å²) < 4.78 is 21.1. The fourth-order valence-electron chi connectivity index (χ4n) is 5.21. The summed E-state index contributed by atoms with van der Waals surface area (Å²) in [7, 11) is 0. The topological polar surface area (TPSA) is 46.5 Å². The fraction of sp³-hybridized carbons (Fsp3) is 0.323. The molecule has 1 saturated heterocycles. The van der Waals surface area contributed by atoms with Gasteiger partial charge in [-0.15, -0.1) is 0 Å². The Balaban J connectivity index is 1.37. The van der Waals surface area contributed by atoms with E-state index >= 15 is 0 Å². The Morgan fingerprint density at radius 3 is 2.61 bits per heavy atom. The van der Waals surface area contributed by atoms with Gasteiger partial charge < -0.3 is 14.6 Å². The second-order valence-corrected chi connectivity index (χ2v) is 10.3. The van der Waals surface area contributed by atoms with Crippen molar-refractivity contribution in [1.82, 2.24) is 14.8 Å². The van der Waals surface area contributed by atoms with E-state index in [9.17, 15) is 9.18 Å². The van der Waals surface area contributed by atoms with Gasteiger partial charge >= 0.3 is 0 Å². The highest BCUT2D eigenvalue weighted by molar-refractivity contribution is 6.30. The molecule has 0 aliphatic carbocycles. The number of morpholine rings is 1. The number of benzene rings is 3. The smallest absolute Gasteiger partial charge is 0.220 e. The Hall–Kier alpha value is -3.19. The van der Waals surface area contributed by atoms with E-state index in [1.54, 1.807) is 0 Å². The summed E-state index contributed by atoms with van der Waals surface area (Å²) in [5.41, 5.74) is 4.17. The Kier molecular flexibility index (Phi) is 8.74. The second-order valence-electron chi connectivity index (χ2n) is 9.83. The minimum atomic E-state index is -0.246. The number of aromatic nitrogens is 1. The normalized spacial score (nSPS) is 15.0. The van der Waals surface area contributed by atoms with Gasteiger partial charge in [0.05, 0.1) is 13.2 Å². The maximum Gasteiger partial charge on any atom is 0.220 e. The van der Waals surface area contributed by atoms with E-state index in [-0.39, 0.29) is 17.6 Å². The lowest BCUT2D eigenvalue weighted by atomic mass is 9.88. The number of carbonyl (C=O) groups is 1. The monoisotopic (exact) mass is 533 g/mol. The average Bonchev–Trinajstić information content (AvgIpc) is 3.29. The third-order valence-electron chi connectivity index (χ3n) is 7.18. The Morgan fingerprint density at radius 2 is 1.82 bits per heavy atom. The van der Waals surface area contributed by atoms with E-state index in [1.807, 2.05) is 48.5 Å². The van der Waals surface area contributed by atoms with Crippen LogP contribution in [0.25, 0.3) is 10.9 Å². The average molecular weight is 534 g/mol. The van der Waals surface area contributed by atoms with Crippen LogP contribution in [0.4, 0.5) is 4.39 Å². The van der Waals surface area contributed by atoms with Crippen LogP contribution in [0.15, 0.2) is 79.0 Å². The molecule has 5 rings (SSSR count). The van der Waals surface area contributed by atoms with Gasteiger partial charge in [-0.3, -0.25) is 9.69 Å². The van der Waals surface area contributed by atoms with Crippen molar-refractivity contribution in [1.29, 1.82) is 0 Å². The van der Waals surface area contributed by atoms with Crippen LogP contribution in [0.2, 0.25) is 5.02 Å². The highest BCUT2D eigenvalue weighted by atomic mass is 35.5. The molecule has 0 spiro atoms. The first-order valence-corrected chi connectivity index (χ1v) is 13.6. The summed E-state index contributed by atoms with van der Waals surface area (Å²) in [4.78, 5) is 15.6. The van der Waals surface area contributed by atoms with Gasteiger partial charge in [0, 0.05) is 60.6 Å². The number of fused-ring (bicyclic) bond motifs is 1. The van der Waals surface area contributed by atoms with Crippen molar-refractivity contribution < 1.29 is 13.9 Å². The maximum atomic E-state index is 13.5. The number of hydrogen-bond donors (Lipinski definition) is 1. The molecular formula is C31H33ClFN3O2. The van der Waals surface area contributed by atoms with E-state index < -0.39 is 0 Å². The van der Waals surface area contributed by atoms with Gasteiger partial charge in [-0.2, -0.15) is 0 Å². The van der Waals surface area contributed by atoms with Crippen molar-refractivity contribution in [2.75, 3.05) is 39.4 Å². The summed E-state index contributed by atoms with van der Waals surface area (Å²) in [6.45, 7) is 5.67. The number of nitrogens with zero attached hydrogens (tertiary/aromatic N) is 2. The lowest BCUT2D eigenvalue weighted by Crippen LogP contribution is -2.38. The first kappa shape index (κ1) is 26.4. The summed E-state index contributed by atoms with van der Waals surface area (Å²) >= 11 is 6.38. The largest absolute Gasteiger partial charge is 0.379 e. The minimum absolute atomic E-state index is 0.0207. The van der Waals surface area contributed by atoms with Crippen LogP contribution in [0.3, 0.4) is 0 Å². The summed E-state index contributed by atoms with van der Waals surface area (Å²) in [6.07, 6.45) is 3.36. The van der Waals surface area contributed by atoms with Gasteiger partial charge in [-0.1, -0.05) is 54.1 Å². The van der Waals surface area contributed by atoms with E-state index in [2.05, 4.69) is 33.1 Å². The molecule has 0 saturated carbocycles. The number of nitrogens with one attached hydrogen (secondary N) is 1.